The Morgan fingerprint density at radius 3 is 2.90 bits per heavy atom. The summed E-state index contributed by atoms with van der Waals surface area (Å²) in [7, 11) is 0. The van der Waals surface area contributed by atoms with E-state index in [0.29, 0.717) is 5.39 Å². The Morgan fingerprint density at radius 2 is 2.20 bits per heavy atom. The topological polar surface area (TPSA) is 63.3 Å². The second kappa shape index (κ2) is 4.81. The van der Waals surface area contributed by atoms with Gasteiger partial charge in [0.15, 0.2) is 0 Å². The second-order valence-corrected chi connectivity index (χ2v) is 4.78. The smallest absolute Gasteiger partial charge is 0.372 e. The monoisotopic (exact) mass is 267 g/mol. The van der Waals surface area contributed by atoms with E-state index in [4.69, 9.17) is 9.52 Å². The lowest BCUT2D eigenvalue weighted by molar-refractivity contribution is 0.0665. The highest BCUT2D eigenvalue weighted by atomic mass is 16.4. The number of benzene rings is 1. The molecule has 20 heavy (non-hydrogen) atoms. The molecule has 4 nitrogen and oxygen atoms in total. The van der Waals surface area contributed by atoms with Gasteiger partial charge in [-0.1, -0.05) is 12.1 Å². The van der Waals surface area contributed by atoms with Gasteiger partial charge in [0.05, 0.1) is 6.26 Å². The van der Waals surface area contributed by atoms with Crippen LogP contribution >= 0.6 is 0 Å². The van der Waals surface area contributed by atoms with Gasteiger partial charge in [0.2, 0.25) is 5.76 Å². The van der Waals surface area contributed by atoms with E-state index in [1.807, 2.05) is 37.4 Å². The molecule has 3 rings (SSSR count). The van der Waals surface area contributed by atoms with Gasteiger partial charge < -0.3 is 9.52 Å². The van der Waals surface area contributed by atoms with Crippen LogP contribution in [0.1, 0.15) is 27.2 Å². The fourth-order valence-electron chi connectivity index (χ4n) is 2.47. The van der Waals surface area contributed by atoms with E-state index in [1.54, 1.807) is 6.20 Å². The van der Waals surface area contributed by atoms with E-state index in [1.165, 1.54) is 6.26 Å². The van der Waals surface area contributed by atoms with Gasteiger partial charge in [-0.25, -0.2) is 4.79 Å². The average molecular weight is 267 g/mol. The Hall–Kier alpha value is -2.62. The Kier molecular flexibility index (Phi) is 2.99. The molecule has 0 amide bonds. The Labute approximate surface area is 115 Å². The van der Waals surface area contributed by atoms with Crippen LogP contribution in [0.25, 0.3) is 10.8 Å². The summed E-state index contributed by atoms with van der Waals surface area (Å²) >= 11 is 0. The van der Waals surface area contributed by atoms with Gasteiger partial charge in [0.25, 0.3) is 0 Å². The second-order valence-electron chi connectivity index (χ2n) is 4.78. The van der Waals surface area contributed by atoms with Crippen LogP contribution in [0, 0.1) is 6.92 Å². The first kappa shape index (κ1) is 12.4. The molecule has 0 aliphatic carbocycles. The van der Waals surface area contributed by atoms with E-state index in [9.17, 15) is 4.79 Å². The normalized spacial score (nSPS) is 10.8. The molecule has 2 aromatic heterocycles. The number of aromatic carboxylic acids is 1. The van der Waals surface area contributed by atoms with Crippen LogP contribution in [-0.2, 0) is 6.42 Å². The molecule has 0 saturated heterocycles. The Bertz CT molecular complexity index is 775. The van der Waals surface area contributed by atoms with Gasteiger partial charge in [-0.05, 0) is 42.2 Å². The first-order valence-corrected chi connectivity index (χ1v) is 6.28. The van der Waals surface area contributed by atoms with Crippen LogP contribution in [-0.4, -0.2) is 16.1 Å². The highest BCUT2D eigenvalue weighted by Crippen LogP contribution is 2.27. The zero-order valence-corrected chi connectivity index (χ0v) is 11.0. The molecule has 100 valence electrons. The van der Waals surface area contributed by atoms with Crippen LogP contribution in [0.3, 0.4) is 0 Å². The number of carboxylic acid groups (broad SMARTS) is 1. The summed E-state index contributed by atoms with van der Waals surface area (Å²) in [5.41, 5.74) is 3.14. The Balaban J connectivity index is 2.05. The molecule has 0 unspecified atom stereocenters. The van der Waals surface area contributed by atoms with Gasteiger partial charge >= 0.3 is 5.97 Å². The summed E-state index contributed by atoms with van der Waals surface area (Å²) in [4.78, 5) is 15.2. The fourth-order valence-corrected chi connectivity index (χ4v) is 2.47. The molecule has 1 N–H and O–H groups in total. The van der Waals surface area contributed by atoms with Crippen molar-refractivity contribution < 1.29 is 14.3 Å². The maximum atomic E-state index is 11.1. The molecule has 4 heteroatoms. The number of furan rings is 1. The molecule has 0 fully saturated rings. The number of fused-ring (bicyclic) bond motifs is 1. The summed E-state index contributed by atoms with van der Waals surface area (Å²) in [6, 6.07) is 7.88. The van der Waals surface area contributed by atoms with Crippen molar-refractivity contribution in [2.75, 3.05) is 0 Å². The zero-order chi connectivity index (χ0) is 14.1. The van der Waals surface area contributed by atoms with Crippen molar-refractivity contribution in [1.82, 2.24) is 4.98 Å². The number of carboxylic acids is 1. The third kappa shape index (κ3) is 2.16. The largest absolute Gasteiger partial charge is 0.475 e. The van der Waals surface area contributed by atoms with Crippen LogP contribution < -0.4 is 0 Å². The number of hydrogen-bond acceptors (Lipinski definition) is 3. The maximum absolute atomic E-state index is 11.1. The predicted octanol–water partition coefficient (Wildman–Crippen LogP) is 3.43. The lowest BCUT2D eigenvalue weighted by Crippen LogP contribution is -1.96. The third-order valence-electron chi connectivity index (χ3n) is 3.28. The lowest BCUT2D eigenvalue weighted by atomic mass is 9.99. The molecular weight excluding hydrogens is 254 g/mol. The van der Waals surface area contributed by atoms with E-state index in [2.05, 4.69) is 4.98 Å². The highest BCUT2D eigenvalue weighted by molar-refractivity contribution is 6.03. The molecule has 0 atom stereocenters. The minimum Gasteiger partial charge on any atom is -0.475 e. The molecule has 0 spiro atoms. The van der Waals surface area contributed by atoms with E-state index < -0.39 is 5.97 Å². The maximum Gasteiger partial charge on any atom is 0.372 e. The van der Waals surface area contributed by atoms with Crippen molar-refractivity contribution in [3.63, 3.8) is 0 Å². The molecular formula is C16H13NO3. The van der Waals surface area contributed by atoms with Gasteiger partial charge in [-0.15, -0.1) is 0 Å². The number of carbonyl (C=O) groups is 1. The summed E-state index contributed by atoms with van der Waals surface area (Å²) in [6.07, 6.45) is 5.83. The van der Waals surface area contributed by atoms with E-state index in [0.717, 1.165) is 28.5 Å². The standard InChI is InChI=1S/C16H13NO3/c1-10-5-12(6-11-3-2-4-17-8-11)7-13-9-20-15(14(10)13)16(18)19/h2-5,7-9H,6H2,1H3,(H,18,19). The molecule has 1 aromatic carbocycles. The number of hydrogen-bond donors (Lipinski definition) is 1. The average Bonchev–Trinajstić information content (AvgIpc) is 2.84. The number of pyridine rings is 1. The van der Waals surface area contributed by atoms with Crippen molar-refractivity contribution >= 4 is 16.7 Å². The van der Waals surface area contributed by atoms with Crippen molar-refractivity contribution in [1.29, 1.82) is 0 Å². The number of nitrogens with zero attached hydrogens (tertiary/aromatic N) is 1. The summed E-state index contributed by atoms with van der Waals surface area (Å²) in [6.45, 7) is 1.90. The van der Waals surface area contributed by atoms with Crippen molar-refractivity contribution in [3.8, 4) is 0 Å². The highest BCUT2D eigenvalue weighted by Gasteiger charge is 2.16. The van der Waals surface area contributed by atoms with Gasteiger partial charge in [0, 0.05) is 23.2 Å². The number of rotatable bonds is 3. The van der Waals surface area contributed by atoms with E-state index in [-0.39, 0.29) is 5.76 Å². The summed E-state index contributed by atoms with van der Waals surface area (Å²) in [5.74, 6) is -1.03. The SMILES string of the molecule is Cc1cc(Cc2cccnc2)cc2coc(C(=O)O)c12. The molecule has 0 aliphatic heterocycles. The lowest BCUT2D eigenvalue weighted by Gasteiger charge is -2.04. The predicted molar refractivity (Wildman–Crippen MR) is 75.0 cm³/mol. The van der Waals surface area contributed by atoms with Crippen molar-refractivity contribution in [2.45, 2.75) is 13.3 Å². The molecule has 0 aliphatic rings. The van der Waals surface area contributed by atoms with Crippen LogP contribution in [0.15, 0.2) is 47.3 Å². The molecule has 2 heterocycles. The third-order valence-corrected chi connectivity index (χ3v) is 3.28. The minimum atomic E-state index is -1.04. The minimum absolute atomic E-state index is 0.00503. The van der Waals surface area contributed by atoms with Gasteiger partial charge in [0.1, 0.15) is 0 Å². The molecule has 0 bridgehead atoms. The molecule has 0 saturated carbocycles. The Morgan fingerprint density at radius 1 is 1.35 bits per heavy atom. The summed E-state index contributed by atoms with van der Waals surface area (Å²) in [5, 5.41) is 10.6. The quantitative estimate of drug-likeness (QED) is 0.789. The van der Waals surface area contributed by atoms with Crippen molar-refractivity contribution in [3.05, 3.63) is 65.4 Å². The van der Waals surface area contributed by atoms with E-state index >= 15 is 0 Å². The van der Waals surface area contributed by atoms with Crippen molar-refractivity contribution in [2.24, 2.45) is 0 Å². The first-order valence-electron chi connectivity index (χ1n) is 6.28. The molecule has 0 radical (unpaired) electrons. The van der Waals surface area contributed by atoms with Crippen LogP contribution in [0.2, 0.25) is 0 Å². The zero-order valence-electron chi connectivity index (χ0n) is 11.0. The molecule has 3 aromatic rings. The summed E-state index contributed by atoms with van der Waals surface area (Å²) < 4.78 is 5.15. The first-order chi connectivity index (χ1) is 9.65. The fraction of sp³-hybridized carbons (Fsp3) is 0.125. The van der Waals surface area contributed by atoms with Crippen LogP contribution in [0.4, 0.5) is 0 Å². The van der Waals surface area contributed by atoms with Gasteiger partial charge in [-0.2, -0.15) is 0 Å². The number of aryl methyl sites for hydroxylation is 1. The van der Waals surface area contributed by atoms with Gasteiger partial charge in [-0.3, -0.25) is 4.98 Å². The number of aromatic nitrogens is 1. The van der Waals surface area contributed by atoms with Crippen LogP contribution in [0.5, 0.6) is 0 Å².